The van der Waals surface area contributed by atoms with Crippen LogP contribution in [0.25, 0.3) is 0 Å². The normalized spacial score (nSPS) is 18.5. The number of methoxy groups -OCH3 is 1. The number of hydrogen-bond donors (Lipinski definition) is 1. The number of aliphatic imine (C=N–C) groups is 1. The third-order valence-electron chi connectivity index (χ3n) is 5.18. The van der Waals surface area contributed by atoms with Crippen molar-refractivity contribution in [2.45, 2.75) is 46.1 Å². The molecule has 0 aliphatic carbocycles. The Morgan fingerprint density at radius 2 is 1.91 bits per heavy atom. The second-order valence-electron chi connectivity index (χ2n) is 7.88. The molecule has 1 heterocycles. The van der Waals surface area contributed by atoms with Crippen molar-refractivity contribution in [1.82, 2.24) is 5.32 Å². The first-order valence-electron chi connectivity index (χ1n) is 10.0. The van der Waals surface area contributed by atoms with Crippen LogP contribution in [0, 0.1) is 16.0 Å². The molecule has 0 saturated heterocycles. The lowest BCUT2D eigenvalue weighted by Crippen LogP contribution is -2.52. The van der Waals surface area contributed by atoms with Crippen LogP contribution in [0.15, 0.2) is 40.5 Å². The second-order valence-corrected chi connectivity index (χ2v) is 7.88. The van der Waals surface area contributed by atoms with E-state index in [4.69, 9.17) is 9.47 Å². The maximum Gasteiger partial charge on any atom is 0.331 e. The van der Waals surface area contributed by atoms with E-state index >= 15 is 0 Å². The molecule has 0 spiro atoms. The number of carbonyl (C=O) groups excluding carboxylic acids is 3. The molecule has 2 atom stereocenters. The fourth-order valence-electron chi connectivity index (χ4n) is 3.67. The molecule has 10 heteroatoms. The van der Waals surface area contributed by atoms with Gasteiger partial charge in [0.2, 0.25) is 0 Å². The number of nitrogens with one attached hydrogen (secondary N) is 1. The monoisotopic (exact) mass is 445 g/mol. The third-order valence-corrected chi connectivity index (χ3v) is 5.18. The SMILES string of the molecule is CCOC(=O)C(C)(C)NC(=O)C1=C(C)N=C(C)C(C(=O)OC)C1c1cccc([N+](=O)[O-])c1. The summed E-state index contributed by atoms with van der Waals surface area (Å²) in [6.45, 7) is 8.03. The molecule has 10 nitrogen and oxygen atoms in total. The molecule has 172 valence electrons. The van der Waals surface area contributed by atoms with Crippen LogP contribution < -0.4 is 5.32 Å². The maximum atomic E-state index is 13.4. The van der Waals surface area contributed by atoms with Crippen LogP contribution in [-0.4, -0.2) is 47.7 Å². The van der Waals surface area contributed by atoms with Crippen molar-refractivity contribution in [3.63, 3.8) is 0 Å². The fraction of sp³-hybridized carbons (Fsp3) is 0.455. The number of nitro benzene ring substituents is 1. The standard InChI is InChI=1S/C22H27N3O7/c1-7-32-21(28)22(4,5)24-19(26)16-12(2)23-13(3)17(20(27)31-6)18(16)14-9-8-10-15(11-14)25(29)30/h8-11,17-18H,7H2,1-6H3,(H,24,26). The Morgan fingerprint density at radius 3 is 2.47 bits per heavy atom. The van der Waals surface area contributed by atoms with Gasteiger partial charge >= 0.3 is 11.9 Å². The molecule has 1 aromatic rings. The van der Waals surface area contributed by atoms with E-state index in [0.29, 0.717) is 17.0 Å². The maximum absolute atomic E-state index is 13.4. The number of hydrogen-bond acceptors (Lipinski definition) is 8. The second kappa shape index (κ2) is 9.71. The lowest BCUT2D eigenvalue weighted by Gasteiger charge is -2.33. The summed E-state index contributed by atoms with van der Waals surface area (Å²) in [4.78, 5) is 53.4. The Hall–Kier alpha value is -3.56. The van der Waals surface area contributed by atoms with Crippen LogP contribution in [0.2, 0.25) is 0 Å². The van der Waals surface area contributed by atoms with Crippen molar-refractivity contribution in [2.75, 3.05) is 13.7 Å². The number of non-ortho nitro benzene ring substituents is 1. The number of nitro groups is 1. The molecule has 1 aliphatic rings. The molecule has 2 rings (SSSR count). The topological polar surface area (TPSA) is 137 Å². The van der Waals surface area contributed by atoms with Crippen molar-refractivity contribution in [3.8, 4) is 0 Å². The fourth-order valence-corrected chi connectivity index (χ4v) is 3.67. The lowest BCUT2D eigenvalue weighted by molar-refractivity contribution is -0.384. The highest BCUT2D eigenvalue weighted by molar-refractivity contribution is 6.08. The van der Waals surface area contributed by atoms with Gasteiger partial charge in [-0.25, -0.2) is 4.79 Å². The zero-order valence-electron chi connectivity index (χ0n) is 18.9. The highest BCUT2D eigenvalue weighted by Crippen LogP contribution is 2.40. The van der Waals surface area contributed by atoms with E-state index in [1.807, 2.05) is 0 Å². The summed E-state index contributed by atoms with van der Waals surface area (Å²) in [5, 5.41) is 14.0. The highest BCUT2D eigenvalue weighted by atomic mass is 16.6. The Morgan fingerprint density at radius 1 is 1.25 bits per heavy atom. The molecule has 0 bridgehead atoms. The minimum Gasteiger partial charge on any atom is -0.468 e. The van der Waals surface area contributed by atoms with Gasteiger partial charge in [-0.3, -0.25) is 24.7 Å². The van der Waals surface area contributed by atoms with E-state index in [9.17, 15) is 24.5 Å². The van der Waals surface area contributed by atoms with Gasteiger partial charge in [0, 0.05) is 35.0 Å². The van der Waals surface area contributed by atoms with Gasteiger partial charge in [-0.2, -0.15) is 0 Å². The van der Waals surface area contributed by atoms with Crippen molar-refractivity contribution in [1.29, 1.82) is 0 Å². The number of esters is 2. The predicted octanol–water partition coefficient (Wildman–Crippen LogP) is 2.67. The Balaban J connectivity index is 2.63. The van der Waals surface area contributed by atoms with Gasteiger partial charge in [0.1, 0.15) is 11.5 Å². The molecular formula is C22H27N3O7. The number of allylic oxidation sites excluding steroid dienone is 1. The minimum atomic E-state index is -1.36. The van der Waals surface area contributed by atoms with Crippen LogP contribution in [0.5, 0.6) is 0 Å². The minimum absolute atomic E-state index is 0.115. The summed E-state index contributed by atoms with van der Waals surface area (Å²) in [6, 6.07) is 5.72. The predicted molar refractivity (Wildman–Crippen MR) is 116 cm³/mol. The highest BCUT2D eigenvalue weighted by Gasteiger charge is 2.43. The molecule has 1 N–H and O–H groups in total. The Bertz CT molecular complexity index is 1010. The van der Waals surface area contributed by atoms with Crippen LogP contribution in [-0.2, 0) is 23.9 Å². The number of ether oxygens (including phenoxy) is 2. The summed E-state index contributed by atoms with van der Waals surface area (Å²) >= 11 is 0. The number of carbonyl (C=O) groups is 3. The summed E-state index contributed by atoms with van der Waals surface area (Å²) in [6.07, 6.45) is 0. The van der Waals surface area contributed by atoms with Crippen LogP contribution >= 0.6 is 0 Å². The van der Waals surface area contributed by atoms with E-state index in [-0.39, 0.29) is 17.9 Å². The van der Waals surface area contributed by atoms with E-state index in [2.05, 4.69) is 10.3 Å². The first-order valence-corrected chi connectivity index (χ1v) is 10.0. The van der Waals surface area contributed by atoms with Crippen molar-refractivity contribution >= 4 is 29.2 Å². The Labute approximate surface area is 185 Å². The smallest absolute Gasteiger partial charge is 0.331 e. The van der Waals surface area contributed by atoms with Gasteiger partial charge in [0.05, 0.1) is 18.6 Å². The average molecular weight is 445 g/mol. The third kappa shape index (κ3) is 5.01. The number of nitrogens with zero attached hydrogens (tertiary/aromatic N) is 2. The van der Waals surface area contributed by atoms with E-state index in [0.717, 1.165) is 0 Å². The molecule has 0 saturated carbocycles. The van der Waals surface area contributed by atoms with E-state index in [1.165, 1.54) is 39.2 Å². The molecule has 0 aromatic heterocycles. The van der Waals surface area contributed by atoms with Crippen molar-refractivity contribution in [2.24, 2.45) is 10.9 Å². The average Bonchev–Trinajstić information content (AvgIpc) is 2.72. The zero-order valence-corrected chi connectivity index (χ0v) is 18.9. The van der Waals surface area contributed by atoms with Gasteiger partial charge in [-0.05, 0) is 40.2 Å². The van der Waals surface area contributed by atoms with Crippen molar-refractivity contribution in [3.05, 3.63) is 51.2 Å². The molecule has 1 aromatic carbocycles. The molecular weight excluding hydrogens is 418 g/mol. The van der Waals surface area contributed by atoms with Crippen LogP contribution in [0.3, 0.4) is 0 Å². The summed E-state index contributed by atoms with van der Waals surface area (Å²) in [5.41, 5.74) is -0.310. The largest absolute Gasteiger partial charge is 0.468 e. The van der Waals surface area contributed by atoms with Crippen LogP contribution in [0.1, 0.15) is 46.1 Å². The summed E-state index contributed by atoms with van der Waals surface area (Å²) in [7, 11) is 1.22. The molecule has 0 radical (unpaired) electrons. The van der Waals surface area contributed by atoms with E-state index < -0.39 is 40.1 Å². The number of rotatable bonds is 7. The first kappa shape index (κ1) is 24.7. The van der Waals surface area contributed by atoms with Gasteiger partial charge in [0.15, 0.2) is 0 Å². The van der Waals surface area contributed by atoms with Gasteiger partial charge < -0.3 is 14.8 Å². The molecule has 0 fully saturated rings. The first-order chi connectivity index (χ1) is 14.9. The molecule has 1 aliphatic heterocycles. The molecule has 32 heavy (non-hydrogen) atoms. The van der Waals surface area contributed by atoms with E-state index in [1.54, 1.807) is 26.8 Å². The van der Waals surface area contributed by atoms with Gasteiger partial charge in [-0.15, -0.1) is 0 Å². The van der Waals surface area contributed by atoms with Gasteiger partial charge in [-0.1, -0.05) is 12.1 Å². The molecule has 2 unspecified atom stereocenters. The van der Waals surface area contributed by atoms with Crippen molar-refractivity contribution < 1.29 is 28.8 Å². The molecule has 1 amide bonds. The number of benzene rings is 1. The van der Waals surface area contributed by atoms with Gasteiger partial charge in [0.25, 0.3) is 11.6 Å². The van der Waals surface area contributed by atoms with Crippen LogP contribution in [0.4, 0.5) is 5.69 Å². The number of amides is 1. The summed E-state index contributed by atoms with van der Waals surface area (Å²) in [5.74, 6) is -3.78. The Kier molecular flexibility index (Phi) is 7.50. The zero-order chi connectivity index (χ0) is 24.2. The lowest BCUT2D eigenvalue weighted by atomic mass is 9.75. The quantitative estimate of drug-likeness (QED) is 0.387. The summed E-state index contributed by atoms with van der Waals surface area (Å²) < 4.78 is 9.96.